The summed E-state index contributed by atoms with van der Waals surface area (Å²) < 4.78 is 0. The van der Waals surface area contributed by atoms with Crippen molar-refractivity contribution in [3.05, 3.63) is 34.9 Å². The molecule has 0 radical (unpaired) electrons. The summed E-state index contributed by atoms with van der Waals surface area (Å²) in [6, 6.07) is 9.44. The van der Waals surface area contributed by atoms with Crippen LogP contribution >= 0.6 is 11.6 Å². The van der Waals surface area contributed by atoms with Gasteiger partial charge in [0.15, 0.2) is 0 Å². The molecule has 0 bridgehead atoms. The van der Waals surface area contributed by atoms with E-state index in [9.17, 15) is 0 Å². The van der Waals surface area contributed by atoms with Crippen molar-refractivity contribution in [1.29, 1.82) is 0 Å². The minimum absolute atomic E-state index is 0.527. The van der Waals surface area contributed by atoms with Gasteiger partial charge in [-0.05, 0) is 55.7 Å². The molecule has 19 heavy (non-hydrogen) atoms. The Bertz CT molecular complexity index is 387. The molecule has 0 aromatic heterocycles. The number of halogens is 1. The first-order valence-electron chi connectivity index (χ1n) is 7.55. The fourth-order valence-corrected chi connectivity index (χ4v) is 3.29. The second-order valence-electron chi connectivity index (χ2n) is 6.40. The Morgan fingerprint density at radius 2 is 1.89 bits per heavy atom. The Kier molecular flexibility index (Phi) is 5.29. The monoisotopic (exact) mass is 279 g/mol. The van der Waals surface area contributed by atoms with Gasteiger partial charge in [-0.2, -0.15) is 0 Å². The van der Waals surface area contributed by atoms with Crippen molar-refractivity contribution in [1.82, 2.24) is 5.32 Å². The molecule has 1 nitrogen and oxygen atoms in total. The molecule has 0 heterocycles. The first kappa shape index (κ1) is 14.9. The van der Waals surface area contributed by atoms with E-state index < -0.39 is 0 Å². The number of rotatable bonds is 4. The highest BCUT2D eigenvalue weighted by atomic mass is 35.5. The van der Waals surface area contributed by atoms with Crippen molar-refractivity contribution in [3.8, 4) is 0 Å². The Balaban J connectivity index is 1.86. The van der Waals surface area contributed by atoms with Crippen LogP contribution in [0.5, 0.6) is 0 Å². The average molecular weight is 280 g/mol. The lowest BCUT2D eigenvalue weighted by Crippen LogP contribution is -2.44. The summed E-state index contributed by atoms with van der Waals surface area (Å²) in [5, 5.41) is 4.65. The van der Waals surface area contributed by atoms with Gasteiger partial charge in [-0.1, -0.05) is 44.0 Å². The molecule has 106 valence electrons. The Labute approximate surface area is 122 Å². The van der Waals surface area contributed by atoms with Gasteiger partial charge in [-0.3, -0.25) is 0 Å². The van der Waals surface area contributed by atoms with Gasteiger partial charge in [0.2, 0.25) is 0 Å². The molecule has 0 saturated heterocycles. The first-order chi connectivity index (χ1) is 9.04. The third kappa shape index (κ3) is 4.50. The smallest absolute Gasteiger partial charge is 0.0406 e. The minimum Gasteiger partial charge on any atom is -0.311 e. The quantitative estimate of drug-likeness (QED) is 0.843. The van der Waals surface area contributed by atoms with Crippen molar-refractivity contribution in [3.63, 3.8) is 0 Å². The standard InChI is InChI=1S/C17H26ClN/c1-12-4-5-13(2)17(10-12)19-14(3)11-15-6-8-16(18)9-7-15/h6-9,12-14,17,19H,4-5,10-11H2,1-3H3. The van der Waals surface area contributed by atoms with Gasteiger partial charge in [-0.25, -0.2) is 0 Å². The maximum atomic E-state index is 5.92. The third-order valence-corrected chi connectivity index (χ3v) is 4.66. The highest BCUT2D eigenvalue weighted by Crippen LogP contribution is 2.28. The molecule has 2 heteroatoms. The molecule has 1 N–H and O–H groups in total. The zero-order chi connectivity index (χ0) is 13.8. The van der Waals surface area contributed by atoms with Crippen LogP contribution < -0.4 is 5.32 Å². The van der Waals surface area contributed by atoms with E-state index >= 15 is 0 Å². The Morgan fingerprint density at radius 3 is 2.58 bits per heavy atom. The van der Waals surface area contributed by atoms with Crippen molar-refractivity contribution < 1.29 is 0 Å². The average Bonchev–Trinajstić information content (AvgIpc) is 2.37. The van der Waals surface area contributed by atoms with Crippen LogP contribution in [0.4, 0.5) is 0 Å². The lowest BCUT2D eigenvalue weighted by Gasteiger charge is -2.35. The summed E-state index contributed by atoms with van der Waals surface area (Å²) in [6.07, 6.45) is 5.16. The molecule has 4 atom stereocenters. The van der Waals surface area contributed by atoms with Crippen LogP contribution in [0.2, 0.25) is 5.02 Å². The van der Waals surface area contributed by atoms with Gasteiger partial charge in [0.05, 0.1) is 0 Å². The van der Waals surface area contributed by atoms with Gasteiger partial charge >= 0.3 is 0 Å². The summed E-state index contributed by atoms with van der Waals surface area (Å²) in [6.45, 7) is 7.06. The van der Waals surface area contributed by atoms with E-state index in [2.05, 4.69) is 38.2 Å². The zero-order valence-corrected chi connectivity index (χ0v) is 13.1. The van der Waals surface area contributed by atoms with Gasteiger partial charge in [0.1, 0.15) is 0 Å². The van der Waals surface area contributed by atoms with Crippen LogP contribution in [0.3, 0.4) is 0 Å². The predicted octanol–water partition coefficient (Wildman–Crippen LogP) is 4.69. The fourth-order valence-electron chi connectivity index (χ4n) is 3.16. The molecule has 1 saturated carbocycles. The summed E-state index contributed by atoms with van der Waals surface area (Å²) in [4.78, 5) is 0. The summed E-state index contributed by atoms with van der Waals surface area (Å²) in [7, 11) is 0. The molecule has 1 aromatic rings. The van der Waals surface area contributed by atoms with Crippen molar-refractivity contribution >= 4 is 11.6 Å². The predicted molar refractivity (Wildman–Crippen MR) is 83.7 cm³/mol. The first-order valence-corrected chi connectivity index (χ1v) is 7.93. The molecule has 0 amide bonds. The van der Waals surface area contributed by atoms with Gasteiger partial charge in [0, 0.05) is 17.1 Å². The molecule has 0 aliphatic heterocycles. The molecule has 0 spiro atoms. The molecular formula is C17H26ClN. The molecule has 4 unspecified atom stereocenters. The van der Waals surface area contributed by atoms with Crippen molar-refractivity contribution in [2.24, 2.45) is 11.8 Å². The summed E-state index contributed by atoms with van der Waals surface area (Å²) in [5.41, 5.74) is 1.36. The summed E-state index contributed by atoms with van der Waals surface area (Å²) >= 11 is 5.92. The van der Waals surface area contributed by atoms with Gasteiger partial charge < -0.3 is 5.32 Å². The van der Waals surface area contributed by atoms with Crippen LogP contribution in [0.25, 0.3) is 0 Å². The molecule has 1 aliphatic rings. The fraction of sp³-hybridized carbons (Fsp3) is 0.647. The molecular weight excluding hydrogens is 254 g/mol. The Morgan fingerprint density at radius 1 is 1.21 bits per heavy atom. The molecule has 1 fully saturated rings. The van der Waals surface area contributed by atoms with E-state index in [0.717, 1.165) is 23.3 Å². The van der Waals surface area contributed by atoms with E-state index in [1.165, 1.54) is 24.8 Å². The largest absolute Gasteiger partial charge is 0.311 e. The van der Waals surface area contributed by atoms with Gasteiger partial charge in [0.25, 0.3) is 0 Å². The molecule has 1 aliphatic carbocycles. The van der Waals surface area contributed by atoms with Gasteiger partial charge in [-0.15, -0.1) is 0 Å². The van der Waals surface area contributed by atoms with E-state index in [4.69, 9.17) is 11.6 Å². The van der Waals surface area contributed by atoms with Crippen molar-refractivity contribution in [2.75, 3.05) is 0 Å². The lowest BCUT2D eigenvalue weighted by molar-refractivity contribution is 0.215. The zero-order valence-electron chi connectivity index (χ0n) is 12.3. The SMILES string of the molecule is CC1CCC(C)C(NC(C)Cc2ccc(Cl)cc2)C1. The van der Waals surface area contributed by atoms with E-state index in [0.29, 0.717) is 12.1 Å². The number of hydrogen-bond acceptors (Lipinski definition) is 1. The second kappa shape index (κ2) is 6.76. The normalized spacial score (nSPS) is 29.2. The topological polar surface area (TPSA) is 12.0 Å². The van der Waals surface area contributed by atoms with Crippen molar-refractivity contribution in [2.45, 2.75) is 58.5 Å². The number of benzene rings is 1. The summed E-state index contributed by atoms with van der Waals surface area (Å²) in [5.74, 6) is 1.68. The van der Waals surface area contributed by atoms with Crippen LogP contribution in [-0.4, -0.2) is 12.1 Å². The maximum Gasteiger partial charge on any atom is 0.0406 e. The van der Waals surface area contributed by atoms with Crippen LogP contribution in [0.1, 0.15) is 45.6 Å². The van der Waals surface area contributed by atoms with Crippen LogP contribution in [-0.2, 0) is 6.42 Å². The number of hydrogen-bond donors (Lipinski definition) is 1. The Hall–Kier alpha value is -0.530. The van der Waals surface area contributed by atoms with E-state index in [-0.39, 0.29) is 0 Å². The maximum absolute atomic E-state index is 5.92. The van der Waals surface area contributed by atoms with Crippen LogP contribution in [0.15, 0.2) is 24.3 Å². The highest BCUT2D eigenvalue weighted by Gasteiger charge is 2.26. The third-order valence-electron chi connectivity index (χ3n) is 4.41. The van der Waals surface area contributed by atoms with E-state index in [1.54, 1.807) is 0 Å². The number of nitrogens with one attached hydrogen (secondary N) is 1. The molecule has 2 rings (SSSR count). The van der Waals surface area contributed by atoms with Crippen LogP contribution in [0, 0.1) is 11.8 Å². The second-order valence-corrected chi connectivity index (χ2v) is 6.84. The molecule has 1 aromatic carbocycles. The van der Waals surface area contributed by atoms with E-state index in [1.807, 2.05) is 12.1 Å². The lowest BCUT2D eigenvalue weighted by atomic mass is 9.79. The minimum atomic E-state index is 0.527. The highest BCUT2D eigenvalue weighted by molar-refractivity contribution is 6.30.